The van der Waals surface area contributed by atoms with Crippen LogP contribution in [0.5, 0.6) is 0 Å². The van der Waals surface area contributed by atoms with Gasteiger partial charge in [-0.3, -0.25) is 9.36 Å². The maximum absolute atomic E-state index is 12.6. The molecule has 0 aliphatic carbocycles. The number of nitrogens with zero attached hydrogens (tertiary/aromatic N) is 4. The molecule has 3 heterocycles. The van der Waals surface area contributed by atoms with Gasteiger partial charge >= 0.3 is 0 Å². The number of benzene rings is 1. The summed E-state index contributed by atoms with van der Waals surface area (Å²) in [5.41, 5.74) is 2.21. The zero-order valence-corrected chi connectivity index (χ0v) is 17.5. The first-order chi connectivity index (χ1) is 14.1. The topological polar surface area (TPSA) is 76.2 Å². The number of furan rings is 1. The molecule has 152 valence electrons. The zero-order valence-electron chi connectivity index (χ0n) is 16.7. The van der Waals surface area contributed by atoms with Gasteiger partial charge in [0.2, 0.25) is 11.9 Å². The molecular weight excluding hydrogens is 386 g/mol. The molecule has 1 fully saturated rings. The molecule has 0 bridgehead atoms. The van der Waals surface area contributed by atoms with Crippen molar-refractivity contribution in [2.45, 2.75) is 43.6 Å². The predicted molar refractivity (Wildman–Crippen MR) is 113 cm³/mol. The Bertz CT molecular complexity index is 946. The van der Waals surface area contributed by atoms with Crippen LogP contribution in [0.25, 0.3) is 5.69 Å². The van der Waals surface area contributed by atoms with E-state index >= 15 is 0 Å². The number of anilines is 1. The van der Waals surface area contributed by atoms with E-state index in [0.717, 1.165) is 48.5 Å². The number of amides is 1. The van der Waals surface area contributed by atoms with E-state index in [4.69, 9.17) is 4.42 Å². The number of aromatic nitrogens is 3. The van der Waals surface area contributed by atoms with Crippen molar-refractivity contribution in [3.8, 4) is 5.69 Å². The number of rotatable bonds is 7. The highest BCUT2D eigenvalue weighted by Gasteiger charge is 2.25. The lowest BCUT2D eigenvalue weighted by atomic mass is 10.2. The molecule has 0 radical (unpaired) electrons. The molecule has 7 nitrogen and oxygen atoms in total. The van der Waals surface area contributed by atoms with Gasteiger partial charge in [-0.1, -0.05) is 29.5 Å². The Balaban J connectivity index is 1.54. The summed E-state index contributed by atoms with van der Waals surface area (Å²) in [5, 5.41) is 12.2. The summed E-state index contributed by atoms with van der Waals surface area (Å²) in [6, 6.07) is 12.0. The van der Waals surface area contributed by atoms with Crippen LogP contribution >= 0.6 is 11.8 Å². The first-order valence-electron chi connectivity index (χ1n) is 9.86. The lowest BCUT2D eigenvalue weighted by Crippen LogP contribution is -2.30. The normalized spacial score (nSPS) is 14.9. The maximum atomic E-state index is 12.6. The molecule has 3 aromatic rings. The Morgan fingerprint density at radius 2 is 1.97 bits per heavy atom. The second-order valence-corrected chi connectivity index (χ2v) is 8.51. The number of carbonyl (C=O) groups excluding carboxylic acids is 1. The molecule has 4 rings (SSSR count). The van der Waals surface area contributed by atoms with Crippen LogP contribution in [0.15, 0.2) is 52.2 Å². The zero-order chi connectivity index (χ0) is 20.2. The summed E-state index contributed by atoms with van der Waals surface area (Å²) in [6.45, 7) is 6.28. The molecule has 1 aliphatic rings. The average Bonchev–Trinajstić information content (AvgIpc) is 3.48. The summed E-state index contributed by atoms with van der Waals surface area (Å²) in [7, 11) is 0. The van der Waals surface area contributed by atoms with Crippen LogP contribution in [0.4, 0.5) is 5.95 Å². The second-order valence-electron chi connectivity index (χ2n) is 7.20. The van der Waals surface area contributed by atoms with Gasteiger partial charge in [-0.15, -0.1) is 10.2 Å². The molecule has 1 amide bonds. The van der Waals surface area contributed by atoms with Crippen LogP contribution in [0.3, 0.4) is 0 Å². The van der Waals surface area contributed by atoms with E-state index in [1.165, 1.54) is 17.3 Å². The molecule has 1 saturated heterocycles. The number of hydrogen-bond donors (Lipinski definition) is 1. The van der Waals surface area contributed by atoms with Crippen molar-refractivity contribution in [1.82, 2.24) is 20.1 Å². The van der Waals surface area contributed by atoms with Crippen molar-refractivity contribution in [1.29, 1.82) is 0 Å². The largest absolute Gasteiger partial charge is 0.467 e. The molecular formula is C21H25N5O2S. The monoisotopic (exact) mass is 411 g/mol. The van der Waals surface area contributed by atoms with Crippen molar-refractivity contribution < 1.29 is 9.21 Å². The van der Waals surface area contributed by atoms with E-state index in [1.54, 1.807) is 6.26 Å². The average molecular weight is 412 g/mol. The number of thioether (sulfide) groups is 1. The second kappa shape index (κ2) is 8.73. The lowest BCUT2D eigenvalue weighted by Gasteiger charge is -2.19. The van der Waals surface area contributed by atoms with Gasteiger partial charge in [-0.25, -0.2) is 0 Å². The summed E-state index contributed by atoms with van der Waals surface area (Å²) in [4.78, 5) is 14.8. The fourth-order valence-corrected chi connectivity index (χ4v) is 4.21. The molecule has 1 aromatic carbocycles. The quantitative estimate of drug-likeness (QED) is 0.599. The van der Waals surface area contributed by atoms with Crippen LogP contribution in [-0.4, -0.2) is 39.0 Å². The number of nitrogens with one attached hydrogen (secondary N) is 1. The summed E-state index contributed by atoms with van der Waals surface area (Å²) in [6.07, 6.45) is 3.92. The fraction of sp³-hybridized carbons (Fsp3) is 0.381. The third kappa shape index (κ3) is 4.48. The molecule has 1 unspecified atom stereocenters. The molecule has 0 saturated carbocycles. The van der Waals surface area contributed by atoms with Crippen molar-refractivity contribution >= 4 is 23.6 Å². The molecule has 8 heteroatoms. The Morgan fingerprint density at radius 3 is 2.66 bits per heavy atom. The highest BCUT2D eigenvalue weighted by molar-refractivity contribution is 8.00. The minimum absolute atomic E-state index is 0.0624. The van der Waals surface area contributed by atoms with Gasteiger partial charge in [0.05, 0.1) is 23.7 Å². The van der Waals surface area contributed by atoms with Gasteiger partial charge in [0.25, 0.3) is 0 Å². The Hall–Kier alpha value is -2.74. The van der Waals surface area contributed by atoms with Crippen LogP contribution in [0.1, 0.15) is 31.1 Å². The summed E-state index contributed by atoms with van der Waals surface area (Å²) < 4.78 is 7.34. The smallest absolute Gasteiger partial charge is 0.233 e. The van der Waals surface area contributed by atoms with Gasteiger partial charge in [0.1, 0.15) is 5.76 Å². The molecule has 2 aromatic heterocycles. The Morgan fingerprint density at radius 1 is 1.21 bits per heavy atom. The SMILES string of the molecule is Cc1ccc(-n2c(SC(C)C(=O)NCc3ccco3)nnc2N2CCCC2)cc1. The van der Waals surface area contributed by atoms with Crippen molar-refractivity contribution in [3.05, 3.63) is 54.0 Å². The van der Waals surface area contributed by atoms with E-state index < -0.39 is 0 Å². The third-order valence-corrected chi connectivity index (χ3v) is 6.01. The molecule has 1 atom stereocenters. The summed E-state index contributed by atoms with van der Waals surface area (Å²) in [5.74, 6) is 1.51. The first kappa shape index (κ1) is 19.6. The van der Waals surface area contributed by atoms with Crippen LogP contribution in [0, 0.1) is 6.92 Å². The van der Waals surface area contributed by atoms with E-state index in [0.29, 0.717) is 6.54 Å². The van der Waals surface area contributed by atoms with Gasteiger partial charge in [0, 0.05) is 13.1 Å². The maximum Gasteiger partial charge on any atom is 0.233 e. The van der Waals surface area contributed by atoms with Gasteiger partial charge in [-0.2, -0.15) is 0 Å². The predicted octanol–water partition coefficient (Wildman–Crippen LogP) is 3.57. The van der Waals surface area contributed by atoms with Gasteiger partial charge < -0.3 is 14.6 Å². The highest BCUT2D eigenvalue weighted by atomic mass is 32.2. The first-order valence-corrected chi connectivity index (χ1v) is 10.7. The van der Waals surface area contributed by atoms with Crippen molar-refractivity contribution in [2.75, 3.05) is 18.0 Å². The number of hydrogen-bond acceptors (Lipinski definition) is 6. The van der Waals surface area contributed by atoms with E-state index in [-0.39, 0.29) is 11.2 Å². The third-order valence-electron chi connectivity index (χ3n) is 4.97. The van der Waals surface area contributed by atoms with Crippen molar-refractivity contribution in [3.63, 3.8) is 0 Å². The number of aryl methyl sites for hydroxylation is 1. The summed E-state index contributed by atoms with van der Waals surface area (Å²) >= 11 is 1.41. The molecule has 29 heavy (non-hydrogen) atoms. The highest BCUT2D eigenvalue weighted by Crippen LogP contribution is 2.30. The number of carbonyl (C=O) groups is 1. The van der Waals surface area contributed by atoms with Gasteiger partial charge in [-0.05, 0) is 51.0 Å². The minimum atomic E-state index is -0.315. The fourth-order valence-electron chi connectivity index (χ4n) is 3.32. The van der Waals surface area contributed by atoms with E-state index in [1.807, 2.05) is 19.1 Å². The Labute approximate surface area is 174 Å². The van der Waals surface area contributed by atoms with Crippen LogP contribution in [-0.2, 0) is 11.3 Å². The minimum Gasteiger partial charge on any atom is -0.467 e. The van der Waals surface area contributed by atoms with Crippen LogP contribution in [0.2, 0.25) is 0 Å². The molecule has 0 spiro atoms. The van der Waals surface area contributed by atoms with Crippen LogP contribution < -0.4 is 10.2 Å². The standard InChI is InChI=1S/C21H25N5O2S/c1-15-7-9-17(10-8-15)26-20(25-11-3-4-12-25)23-24-21(26)29-16(2)19(27)22-14-18-6-5-13-28-18/h5-10,13,16H,3-4,11-12,14H2,1-2H3,(H,22,27). The van der Waals surface area contributed by atoms with E-state index in [2.05, 4.69) is 56.2 Å². The van der Waals surface area contributed by atoms with Gasteiger partial charge in [0.15, 0.2) is 5.16 Å². The molecule has 1 aliphatic heterocycles. The van der Waals surface area contributed by atoms with E-state index in [9.17, 15) is 4.79 Å². The lowest BCUT2D eigenvalue weighted by molar-refractivity contribution is -0.120. The van der Waals surface area contributed by atoms with Crippen molar-refractivity contribution in [2.24, 2.45) is 0 Å². The Kier molecular flexibility index (Phi) is 5.89. The molecule has 1 N–H and O–H groups in total.